The minimum atomic E-state index is -4.61. The average molecular weight is 637 g/mol. The van der Waals surface area contributed by atoms with Gasteiger partial charge in [-0.2, -0.15) is 13.2 Å². The molecule has 3 aromatic heterocycles. The lowest BCUT2D eigenvalue weighted by atomic mass is 9.93. The van der Waals surface area contributed by atoms with Gasteiger partial charge < -0.3 is 5.11 Å². The maximum atomic E-state index is 13.9. The van der Waals surface area contributed by atoms with Crippen LogP contribution in [0.1, 0.15) is 32.7 Å². The van der Waals surface area contributed by atoms with Gasteiger partial charge >= 0.3 is 12.1 Å². The highest BCUT2D eigenvalue weighted by Gasteiger charge is 2.32. The van der Waals surface area contributed by atoms with Crippen LogP contribution in [0, 0.1) is 0 Å². The molecule has 0 amide bonds. The SMILES string of the molecule is O=C(O)c1c(-c2cn(Cc3ccccc3)nn2)sc2c(-c3cccc(C(F)(F)F)c3)c(Cc3cccc4ccccc34)cc(=O)n12. The van der Waals surface area contributed by atoms with Crippen molar-refractivity contribution in [3.05, 3.63) is 148 Å². The topological polar surface area (TPSA) is 89.5 Å². The lowest BCUT2D eigenvalue weighted by molar-refractivity contribution is -0.137. The van der Waals surface area contributed by atoms with E-state index in [0.29, 0.717) is 17.7 Å². The molecule has 0 aliphatic rings. The van der Waals surface area contributed by atoms with Crippen LogP contribution in [0.4, 0.5) is 13.2 Å². The zero-order valence-corrected chi connectivity index (χ0v) is 24.7. The molecule has 0 bridgehead atoms. The number of carboxylic acid groups (broad SMARTS) is 1. The van der Waals surface area contributed by atoms with Gasteiger partial charge in [0.15, 0.2) is 5.69 Å². The van der Waals surface area contributed by atoms with Crippen molar-refractivity contribution in [3.63, 3.8) is 0 Å². The standard InChI is InChI=1S/C35H23F3N4O3S/c36-35(37,38)26-14-7-13-24(17-26)30-25(16-23-12-6-11-22-10-4-5-15-27(22)23)18-29(43)42-31(34(44)45)32(46-33(30)42)28-20-41(40-39-28)19-21-8-2-1-3-9-21/h1-15,17-18,20H,16,19H2,(H,44,45). The number of rotatable bonds is 7. The van der Waals surface area contributed by atoms with Crippen molar-refractivity contribution in [2.45, 2.75) is 19.1 Å². The molecule has 0 saturated carbocycles. The number of pyridine rings is 1. The first kappa shape index (κ1) is 29.2. The summed E-state index contributed by atoms with van der Waals surface area (Å²) >= 11 is 0.987. The monoisotopic (exact) mass is 636 g/mol. The van der Waals surface area contributed by atoms with Gasteiger partial charge in [-0.25, -0.2) is 9.48 Å². The van der Waals surface area contributed by atoms with Crippen molar-refractivity contribution in [3.8, 4) is 21.7 Å². The number of halogens is 3. The number of aromatic carboxylic acids is 1. The summed E-state index contributed by atoms with van der Waals surface area (Å²) in [7, 11) is 0. The zero-order valence-electron chi connectivity index (χ0n) is 23.9. The number of alkyl halides is 3. The van der Waals surface area contributed by atoms with E-state index in [-0.39, 0.29) is 33.1 Å². The number of aromatic nitrogens is 4. The molecule has 11 heteroatoms. The van der Waals surface area contributed by atoms with E-state index in [1.54, 1.807) is 10.9 Å². The van der Waals surface area contributed by atoms with Crippen molar-refractivity contribution >= 4 is 32.9 Å². The quantitative estimate of drug-likeness (QED) is 0.193. The van der Waals surface area contributed by atoms with Gasteiger partial charge in [0.05, 0.1) is 23.2 Å². The van der Waals surface area contributed by atoms with Gasteiger partial charge in [0.25, 0.3) is 5.56 Å². The summed E-state index contributed by atoms with van der Waals surface area (Å²) in [5, 5.41) is 20.7. The first-order valence-corrected chi connectivity index (χ1v) is 15.0. The predicted molar refractivity (Wildman–Crippen MR) is 170 cm³/mol. The van der Waals surface area contributed by atoms with Crippen molar-refractivity contribution in [1.82, 2.24) is 19.4 Å². The second kappa shape index (κ2) is 11.4. The van der Waals surface area contributed by atoms with E-state index in [0.717, 1.165) is 49.8 Å². The molecule has 0 saturated heterocycles. The Labute approximate surface area is 263 Å². The Balaban J connectivity index is 1.47. The van der Waals surface area contributed by atoms with Crippen LogP contribution < -0.4 is 5.56 Å². The minimum absolute atomic E-state index is 0.166. The Morgan fingerprint density at radius 1 is 0.870 bits per heavy atom. The molecule has 0 radical (unpaired) electrons. The number of nitrogens with zero attached hydrogens (tertiary/aromatic N) is 4. The zero-order chi connectivity index (χ0) is 32.0. The number of fused-ring (bicyclic) bond motifs is 2. The summed E-state index contributed by atoms with van der Waals surface area (Å²) in [4.78, 5) is 26.9. The fraction of sp³-hybridized carbons (Fsp3) is 0.0857. The summed E-state index contributed by atoms with van der Waals surface area (Å²) in [5.41, 5.74) is 1.27. The van der Waals surface area contributed by atoms with Crippen LogP contribution in [-0.2, 0) is 19.1 Å². The van der Waals surface area contributed by atoms with Gasteiger partial charge in [0.2, 0.25) is 0 Å². The summed E-state index contributed by atoms with van der Waals surface area (Å²) in [6, 6.07) is 29.2. The summed E-state index contributed by atoms with van der Waals surface area (Å²) in [5.74, 6) is -1.38. The van der Waals surface area contributed by atoms with E-state index in [1.165, 1.54) is 18.2 Å². The smallest absolute Gasteiger partial charge is 0.416 e. The second-order valence-corrected chi connectivity index (χ2v) is 11.8. The Bertz CT molecular complexity index is 2320. The van der Waals surface area contributed by atoms with Gasteiger partial charge in [-0.1, -0.05) is 90.1 Å². The van der Waals surface area contributed by atoms with E-state index in [9.17, 15) is 27.9 Å². The van der Waals surface area contributed by atoms with E-state index < -0.39 is 23.3 Å². The molecule has 7 aromatic rings. The largest absolute Gasteiger partial charge is 0.477 e. The Morgan fingerprint density at radius 3 is 2.39 bits per heavy atom. The van der Waals surface area contributed by atoms with Crippen molar-refractivity contribution < 1.29 is 23.1 Å². The summed E-state index contributed by atoms with van der Waals surface area (Å²) in [6.45, 7) is 0.381. The third-order valence-corrected chi connectivity index (χ3v) is 8.98. The highest BCUT2D eigenvalue weighted by Crippen LogP contribution is 2.41. The van der Waals surface area contributed by atoms with Gasteiger partial charge in [-0.3, -0.25) is 9.20 Å². The fourth-order valence-corrected chi connectivity index (χ4v) is 7.05. The molecule has 0 fully saturated rings. The molecule has 46 heavy (non-hydrogen) atoms. The minimum Gasteiger partial charge on any atom is -0.477 e. The maximum Gasteiger partial charge on any atom is 0.416 e. The van der Waals surface area contributed by atoms with E-state index in [1.807, 2.05) is 72.8 Å². The third-order valence-electron chi connectivity index (χ3n) is 7.79. The second-order valence-electron chi connectivity index (χ2n) is 10.8. The van der Waals surface area contributed by atoms with E-state index >= 15 is 0 Å². The fourth-order valence-electron chi connectivity index (χ4n) is 5.76. The Kier molecular flexibility index (Phi) is 7.25. The van der Waals surface area contributed by atoms with Crippen LogP contribution in [0.15, 0.2) is 114 Å². The molecule has 0 spiro atoms. The molecule has 3 heterocycles. The lowest BCUT2D eigenvalue weighted by Crippen LogP contribution is -2.19. The number of carboxylic acids is 1. The molecule has 0 aliphatic carbocycles. The number of hydrogen-bond donors (Lipinski definition) is 1. The molecule has 7 rings (SSSR count). The van der Waals surface area contributed by atoms with E-state index in [2.05, 4.69) is 10.3 Å². The van der Waals surface area contributed by atoms with Crippen molar-refractivity contribution in [1.29, 1.82) is 0 Å². The molecular weight excluding hydrogens is 613 g/mol. The third kappa shape index (κ3) is 5.34. The number of carbonyl (C=O) groups is 1. The molecular formula is C35H23F3N4O3S. The molecule has 7 nitrogen and oxygen atoms in total. The Hall–Kier alpha value is -5.55. The summed E-state index contributed by atoms with van der Waals surface area (Å²) < 4.78 is 44.3. The van der Waals surface area contributed by atoms with Crippen LogP contribution in [-0.4, -0.2) is 30.5 Å². The maximum absolute atomic E-state index is 13.9. The van der Waals surface area contributed by atoms with Crippen LogP contribution >= 0.6 is 11.3 Å². The summed E-state index contributed by atoms with van der Waals surface area (Å²) in [6.07, 6.45) is -2.79. The molecule has 228 valence electrons. The van der Waals surface area contributed by atoms with Gasteiger partial charge in [0, 0.05) is 11.6 Å². The first-order chi connectivity index (χ1) is 22.2. The molecule has 0 atom stereocenters. The number of benzene rings is 4. The van der Waals surface area contributed by atoms with Crippen molar-refractivity contribution in [2.24, 2.45) is 0 Å². The normalized spacial score (nSPS) is 11.8. The molecule has 0 unspecified atom stereocenters. The Morgan fingerprint density at radius 2 is 1.61 bits per heavy atom. The van der Waals surface area contributed by atoms with Crippen LogP contribution in [0.2, 0.25) is 0 Å². The number of hydrogen-bond acceptors (Lipinski definition) is 5. The van der Waals surface area contributed by atoms with Crippen LogP contribution in [0.5, 0.6) is 0 Å². The average Bonchev–Trinajstić information content (AvgIpc) is 3.67. The van der Waals surface area contributed by atoms with E-state index in [4.69, 9.17) is 0 Å². The number of thiazole rings is 1. The van der Waals surface area contributed by atoms with Crippen LogP contribution in [0.25, 0.3) is 37.3 Å². The predicted octanol–water partition coefficient (Wildman–Crippen LogP) is 7.80. The van der Waals surface area contributed by atoms with Crippen LogP contribution in [0.3, 0.4) is 0 Å². The van der Waals surface area contributed by atoms with Crippen molar-refractivity contribution in [2.75, 3.05) is 0 Å². The molecule has 0 aliphatic heterocycles. The molecule has 4 aromatic carbocycles. The van der Waals surface area contributed by atoms with Gasteiger partial charge in [-0.15, -0.1) is 16.4 Å². The van der Waals surface area contributed by atoms with Gasteiger partial charge in [0.1, 0.15) is 10.5 Å². The first-order valence-electron chi connectivity index (χ1n) is 14.2. The highest BCUT2D eigenvalue weighted by atomic mass is 32.1. The lowest BCUT2D eigenvalue weighted by Gasteiger charge is -2.15. The highest BCUT2D eigenvalue weighted by molar-refractivity contribution is 7.21. The van der Waals surface area contributed by atoms with Gasteiger partial charge in [-0.05, 0) is 51.6 Å². The molecule has 1 N–H and O–H groups in total.